The Kier molecular flexibility index (Phi) is 7.03. The first-order chi connectivity index (χ1) is 21.2. The summed E-state index contributed by atoms with van der Waals surface area (Å²) in [6.07, 6.45) is 14.8. The predicted octanol–water partition coefficient (Wildman–Crippen LogP) is 8.15. The van der Waals surface area contributed by atoms with Crippen LogP contribution in [0, 0.1) is 50.6 Å². The molecule has 3 saturated carbocycles. The fourth-order valence-corrected chi connectivity index (χ4v) is 11.9. The molecule has 242 valence electrons. The minimum Gasteiger partial charge on any atom is -0.460 e. The highest BCUT2D eigenvalue weighted by atomic mass is 19.1. The molecule has 1 heterocycles. The van der Waals surface area contributed by atoms with Gasteiger partial charge in [0.2, 0.25) is 0 Å². The molecule has 1 aromatic heterocycles. The smallest absolute Gasteiger partial charge is 0.313 e. The number of allylic oxidation sites excluding steroid dienone is 2. The molecule has 3 fully saturated rings. The molecule has 5 nitrogen and oxygen atoms in total. The fraction of sp³-hybridized carbons (Fsp3) is 0.667. The summed E-state index contributed by atoms with van der Waals surface area (Å²) in [4.78, 5) is 23.9. The van der Waals surface area contributed by atoms with Gasteiger partial charge in [-0.3, -0.25) is 14.8 Å². The quantitative estimate of drug-likeness (QED) is 0.278. The molecule has 1 N–H and O–H groups in total. The lowest BCUT2D eigenvalue weighted by Gasteiger charge is -2.70. The van der Waals surface area contributed by atoms with Crippen molar-refractivity contribution in [2.24, 2.45) is 44.8 Å². The maximum atomic E-state index is 14.2. The van der Waals surface area contributed by atoms with Crippen LogP contribution < -0.4 is 0 Å². The van der Waals surface area contributed by atoms with Gasteiger partial charge in [0, 0.05) is 17.8 Å². The second kappa shape index (κ2) is 10.2. The van der Waals surface area contributed by atoms with E-state index in [1.165, 1.54) is 17.7 Å². The Morgan fingerprint density at radius 3 is 2.51 bits per heavy atom. The number of aromatic nitrogens is 2. The highest BCUT2D eigenvalue weighted by Gasteiger charge is 2.69. The zero-order valence-corrected chi connectivity index (χ0v) is 28.1. The van der Waals surface area contributed by atoms with Crippen LogP contribution in [-0.2, 0) is 28.0 Å². The van der Waals surface area contributed by atoms with Crippen LogP contribution in [0.1, 0.15) is 110 Å². The van der Waals surface area contributed by atoms with Crippen molar-refractivity contribution in [3.63, 3.8) is 0 Å². The average molecular weight is 615 g/mol. The number of ether oxygens (including phenoxy) is 1. The maximum absolute atomic E-state index is 14.2. The Bertz CT molecular complexity index is 1550. The molecule has 0 spiro atoms. The monoisotopic (exact) mass is 614 g/mol. The molecule has 45 heavy (non-hydrogen) atoms. The summed E-state index contributed by atoms with van der Waals surface area (Å²) in [5, 5.41) is 10.9. The van der Waals surface area contributed by atoms with Crippen LogP contribution in [0.25, 0.3) is 0 Å². The SMILES string of the molecule is CC1(C)CC[C@]2(C(=O)OCc3cccc(F)c3)CC[C@]3(C)C(=CC[C@@H]4[C@@]5(C)Cc6nccnc6[C@@](C)(CO)[C@@H]5CC[C@]43C)[C@@H]2C1. The molecule has 6 heteroatoms. The van der Waals surface area contributed by atoms with E-state index in [1.807, 2.05) is 6.07 Å². The van der Waals surface area contributed by atoms with Crippen molar-refractivity contribution < 1.29 is 19.0 Å². The molecular weight excluding hydrogens is 563 g/mol. The van der Waals surface area contributed by atoms with E-state index in [0.29, 0.717) is 17.4 Å². The number of carbonyl (C=O) groups excluding carboxylic acids is 1. The normalized spacial score (nSPS) is 41.3. The summed E-state index contributed by atoms with van der Waals surface area (Å²) >= 11 is 0. The van der Waals surface area contributed by atoms with Gasteiger partial charge in [-0.05, 0) is 115 Å². The second-order valence-corrected chi connectivity index (χ2v) is 17.2. The first kappa shape index (κ1) is 31.0. The van der Waals surface area contributed by atoms with E-state index >= 15 is 0 Å². The second-order valence-electron chi connectivity index (χ2n) is 17.2. The molecule has 0 amide bonds. The number of carbonyl (C=O) groups is 1. The first-order valence-electron chi connectivity index (χ1n) is 17.3. The van der Waals surface area contributed by atoms with Gasteiger partial charge in [0.1, 0.15) is 12.4 Å². The average Bonchev–Trinajstić information content (AvgIpc) is 3.00. The van der Waals surface area contributed by atoms with Crippen LogP contribution in [0.3, 0.4) is 0 Å². The highest BCUT2D eigenvalue weighted by molar-refractivity contribution is 5.79. The lowest BCUT2D eigenvalue weighted by atomic mass is 9.33. The molecular formula is C39H51FN2O3. The van der Waals surface area contributed by atoms with Crippen LogP contribution in [-0.4, -0.2) is 27.7 Å². The molecule has 0 aliphatic heterocycles. The van der Waals surface area contributed by atoms with Crippen molar-refractivity contribution in [1.82, 2.24) is 9.97 Å². The third kappa shape index (κ3) is 4.29. The third-order valence-corrected chi connectivity index (χ3v) is 14.5. The van der Waals surface area contributed by atoms with Gasteiger partial charge in [-0.25, -0.2) is 4.39 Å². The number of nitrogens with zero attached hydrogens (tertiary/aromatic N) is 2. The lowest BCUT2D eigenvalue weighted by Crippen LogP contribution is -2.65. The van der Waals surface area contributed by atoms with Gasteiger partial charge >= 0.3 is 5.97 Å². The Morgan fingerprint density at radius 2 is 1.76 bits per heavy atom. The third-order valence-electron chi connectivity index (χ3n) is 14.5. The van der Waals surface area contributed by atoms with Crippen LogP contribution in [0.5, 0.6) is 0 Å². The number of benzene rings is 1. The van der Waals surface area contributed by atoms with Crippen molar-refractivity contribution in [2.45, 2.75) is 111 Å². The van der Waals surface area contributed by atoms with E-state index in [1.54, 1.807) is 18.5 Å². The molecule has 0 saturated heterocycles. The number of rotatable bonds is 4. The van der Waals surface area contributed by atoms with Gasteiger partial charge in [-0.15, -0.1) is 0 Å². The Hall–Kier alpha value is -2.60. The van der Waals surface area contributed by atoms with Gasteiger partial charge in [-0.1, -0.05) is 65.3 Å². The van der Waals surface area contributed by atoms with Gasteiger partial charge < -0.3 is 9.84 Å². The van der Waals surface area contributed by atoms with E-state index in [9.17, 15) is 14.3 Å². The van der Waals surface area contributed by atoms with Crippen molar-refractivity contribution >= 4 is 5.97 Å². The Labute approximate surface area is 268 Å². The first-order valence-corrected chi connectivity index (χ1v) is 17.3. The van der Waals surface area contributed by atoms with Crippen molar-refractivity contribution in [2.75, 3.05) is 6.61 Å². The van der Waals surface area contributed by atoms with Crippen LogP contribution >= 0.6 is 0 Å². The summed E-state index contributed by atoms with van der Waals surface area (Å²) in [5.74, 6) is 0.495. The van der Waals surface area contributed by atoms with E-state index in [4.69, 9.17) is 14.7 Å². The van der Waals surface area contributed by atoms with E-state index in [0.717, 1.165) is 69.2 Å². The number of fused-ring (bicyclic) bond motifs is 8. The standard InChI is InChI=1S/C39H51FN2O3/c1-34(2)14-16-39(33(44)45-23-25-8-7-9-26(40)20-25)17-15-37(5)27(28(39)21-34)10-11-31-35(3)22-29-32(42-19-18-41-29)36(4,24-43)30(35)12-13-38(31,37)6/h7-10,18-20,28,30-31,43H,11-17,21-24H2,1-6H3/t28-,30+,31+,35-,36-,37+,38+,39-/m0/s1. The predicted molar refractivity (Wildman–Crippen MR) is 172 cm³/mol. The molecule has 0 unspecified atom stereocenters. The van der Waals surface area contributed by atoms with Crippen LogP contribution in [0.4, 0.5) is 4.39 Å². The molecule has 2 aromatic rings. The minimum atomic E-state index is -0.534. The van der Waals surface area contributed by atoms with Gasteiger partial charge in [-0.2, -0.15) is 0 Å². The number of hydrogen-bond acceptors (Lipinski definition) is 5. The van der Waals surface area contributed by atoms with Crippen LogP contribution in [0.2, 0.25) is 0 Å². The topological polar surface area (TPSA) is 72.3 Å². The minimum absolute atomic E-state index is 0.0250. The van der Waals surface area contributed by atoms with Gasteiger partial charge in [0.15, 0.2) is 0 Å². The highest BCUT2D eigenvalue weighted by Crippen LogP contribution is 2.75. The summed E-state index contributed by atoms with van der Waals surface area (Å²) in [6.45, 7) is 14.7. The molecule has 7 rings (SSSR count). The number of hydrogen-bond donors (Lipinski definition) is 1. The fourth-order valence-electron chi connectivity index (χ4n) is 11.9. The number of esters is 1. The molecule has 0 bridgehead atoms. The maximum Gasteiger partial charge on any atom is 0.313 e. The van der Waals surface area contributed by atoms with Crippen LogP contribution in [0.15, 0.2) is 48.3 Å². The molecule has 0 radical (unpaired) electrons. The molecule has 1 aromatic carbocycles. The zero-order valence-electron chi connectivity index (χ0n) is 28.1. The Morgan fingerprint density at radius 1 is 1.00 bits per heavy atom. The molecule has 8 atom stereocenters. The van der Waals surface area contributed by atoms with Crippen molar-refractivity contribution in [1.29, 1.82) is 0 Å². The van der Waals surface area contributed by atoms with Crippen molar-refractivity contribution in [3.8, 4) is 0 Å². The summed E-state index contributed by atoms with van der Waals surface area (Å²) in [5.41, 5.74) is 3.41. The molecule has 5 aliphatic carbocycles. The largest absolute Gasteiger partial charge is 0.460 e. The van der Waals surface area contributed by atoms with Gasteiger partial charge in [0.05, 0.1) is 23.4 Å². The summed E-state index contributed by atoms with van der Waals surface area (Å²) in [6, 6.07) is 6.38. The number of halogens is 1. The van der Waals surface area contributed by atoms with E-state index in [2.05, 4.69) is 47.6 Å². The zero-order chi connectivity index (χ0) is 32.0. The summed E-state index contributed by atoms with van der Waals surface area (Å²) in [7, 11) is 0. The van der Waals surface area contributed by atoms with Crippen molar-refractivity contribution in [3.05, 3.63) is 71.1 Å². The van der Waals surface area contributed by atoms with E-state index in [-0.39, 0.29) is 52.6 Å². The number of aliphatic hydroxyl groups excluding tert-OH is 1. The Balaban J connectivity index is 1.26. The summed E-state index contributed by atoms with van der Waals surface area (Å²) < 4.78 is 20.0. The lowest BCUT2D eigenvalue weighted by molar-refractivity contribution is -0.184. The molecule has 5 aliphatic rings. The van der Waals surface area contributed by atoms with E-state index < -0.39 is 10.8 Å². The number of aliphatic hydroxyl groups is 1. The van der Waals surface area contributed by atoms with Gasteiger partial charge in [0.25, 0.3) is 0 Å².